The summed E-state index contributed by atoms with van der Waals surface area (Å²) in [5, 5.41) is 4.34. The summed E-state index contributed by atoms with van der Waals surface area (Å²) in [6.07, 6.45) is 3.87. The number of carbonyl (C=O) groups excluding carboxylic acids is 1. The summed E-state index contributed by atoms with van der Waals surface area (Å²) in [4.78, 5) is 19.8. The number of aldehydes is 1. The van der Waals surface area contributed by atoms with Crippen LogP contribution < -0.4 is 0 Å². The molecule has 3 aromatic heterocycles. The van der Waals surface area contributed by atoms with E-state index >= 15 is 0 Å². The first kappa shape index (κ1) is 12.3. The molecule has 0 aliphatic heterocycles. The average Bonchev–Trinajstić information content (AvgIpc) is 3.06. The molecule has 0 fully saturated rings. The summed E-state index contributed by atoms with van der Waals surface area (Å²) >= 11 is 0. The summed E-state index contributed by atoms with van der Waals surface area (Å²) in [5.74, 6) is 0.971. The van der Waals surface area contributed by atoms with Crippen LogP contribution in [-0.2, 0) is 0 Å². The zero-order valence-electron chi connectivity index (χ0n) is 11.1. The molecule has 0 aliphatic carbocycles. The number of hydrogen-bond donors (Lipinski definition) is 0. The van der Waals surface area contributed by atoms with Crippen molar-refractivity contribution in [3.63, 3.8) is 0 Å². The fourth-order valence-electron chi connectivity index (χ4n) is 1.99. The van der Waals surface area contributed by atoms with Gasteiger partial charge in [0.1, 0.15) is 5.69 Å². The van der Waals surface area contributed by atoms with E-state index < -0.39 is 0 Å². The maximum atomic E-state index is 11.2. The molecule has 3 aromatic rings. The first-order valence-corrected chi connectivity index (χ1v) is 6.09. The summed E-state index contributed by atoms with van der Waals surface area (Å²) in [5.41, 5.74) is 2.60. The molecule has 0 atom stereocenters. The molecule has 6 nitrogen and oxygen atoms in total. The lowest BCUT2D eigenvalue weighted by Gasteiger charge is -2.02. The van der Waals surface area contributed by atoms with Gasteiger partial charge in [0.25, 0.3) is 5.95 Å². The Hall–Kier alpha value is -2.76. The van der Waals surface area contributed by atoms with E-state index in [1.54, 1.807) is 18.3 Å². The van der Waals surface area contributed by atoms with Crippen molar-refractivity contribution in [1.29, 1.82) is 0 Å². The van der Waals surface area contributed by atoms with E-state index in [4.69, 9.17) is 4.42 Å². The Morgan fingerprint density at radius 3 is 2.60 bits per heavy atom. The second-order valence-electron chi connectivity index (χ2n) is 4.42. The first-order chi connectivity index (χ1) is 9.67. The maximum Gasteiger partial charge on any atom is 0.250 e. The van der Waals surface area contributed by atoms with Crippen molar-refractivity contribution < 1.29 is 9.21 Å². The number of carbonyl (C=O) groups is 1. The molecule has 0 spiro atoms. The predicted molar refractivity (Wildman–Crippen MR) is 71.7 cm³/mol. The van der Waals surface area contributed by atoms with Crippen LogP contribution in [0.25, 0.3) is 17.4 Å². The molecule has 20 heavy (non-hydrogen) atoms. The summed E-state index contributed by atoms with van der Waals surface area (Å²) < 4.78 is 6.77. The Bertz CT molecular complexity index is 739. The van der Waals surface area contributed by atoms with Gasteiger partial charge >= 0.3 is 0 Å². The number of hydrogen-bond acceptors (Lipinski definition) is 5. The van der Waals surface area contributed by atoms with Crippen LogP contribution in [0.15, 0.2) is 35.1 Å². The molecule has 0 saturated carbocycles. The lowest BCUT2D eigenvalue weighted by atomic mass is 10.2. The van der Waals surface area contributed by atoms with E-state index in [0.29, 0.717) is 23.0 Å². The van der Waals surface area contributed by atoms with Gasteiger partial charge in [-0.05, 0) is 32.0 Å². The van der Waals surface area contributed by atoms with E-state index in [1.165, 1.54) is 10.9 Å². The van der Waals surface area contributed by atoms with E-state index in [2.05, 4.69) is 15.1 Å². The van der Waals surface area contributed by atoms with Gasteiger partial charge in [0, 0.05) is 17.6 Å². The second-order valence-corrected chi connectivity index (χ2v) is 4.42. The molecule has 0 radical (unpaired) electrons. The molecule has 6 heteroatoms. The van der Waals surface area contributed by atoms with Gasteiger partial charge in [0.05, 0.1) is 11.8 Å². The van der Waals surface area contributed by atoms with Crippen molar-refractivity contribution in [1.82, 2.24) is 19.7 Å². The van der Waals surface area contributed by atoms with Gasteiger partial charge in [-0.15, -0.1) is 0 Å². The molecule has 100 valence electrons. The van der Waals surface area contributed by atoms with Crippen molar-refractivity contribution in [2.45, 2.75) is 13.8 Å². The highest BCUT2D eigenvalue weighted by atomic mass is 16.3. The van der Waals surface area contributed by atoms with Crippen LogP contribution >= 0.6 is 0 Å². The highest BCUT2D eigenvalue weighted by molar-refractivity contribution is 5.84. The zero-order chi connectivity index (χ0) is 14.1. The van der Waals surface area contributed by atoms with Crippen LogP contribution in [0.1, 0.15) is 21.7 Å². The minimum Gasteiger partial charge on any atom is -0.463 e. The minimum absolute atomic E-state index is 0.433. The molecule has 0 unspecified atom stereocenters. The molecule has 0 saturated heterocycles. The zero-order valence-corrected chi connectivity index (χ0v) is 11.1. The second kappa shape index (κ2) is 4.73. The van der Waals surface area contributed by atoms with Gasteiger partial charge in [0.15, 0.2) is 12.0 Å². The lowest BCUT2D eigenvalue weighted by Crippen LogP contribution is -2.04. The number of aryl methyl sites for hydroxylation is 2. The fourth-order valence-corrected chi connectivity index (χ4v) is 1.99. The standard InChI is InChI=1S/C14H12N4O2/c1-9-6-10(2)16-14(15-9)18-7-11(8-19)13(17-18)12-4-3-5-20-12/h3-8H,1-2H3. The molecular weight excluding hydrogens is 256 g/mol. The molecule has 3 rings (SSSR count). The predicted octanol–water partition coefficient (Wildman–Crippen LogP) is 2.35. The third kappa shape index (κ3) is 2.11. The van der Waals surface area contributed by atoms with E-state index in [9.17, 15) is 4.79 Å². The van der Waals surface area contributed by atoms with Gasteiger partial charge in [0.2, 0.25) is 0 Å². The largest absolute Gasteiger partial charge is 0.463 e. The maximum absolute atomic E-state index is 11.2. The molecule has 0 N–H and O–H groups in total. The molecule has 0 bridgehead atoms. The average molecular weight is 268 g/mol. The van der Waals surface area contributed by atoms with Gasteiger partial charge in [-0.2, -0.15) is 5.10 Å². The first-order valence-electron chi connectivity index (χ1n) is 6.09. The molecule has 3 heterocycles. The monoisotopic (exact) mass is 268 g/mol. The van der Waals surface area contributed by atoms with Crippen LogP contribution in [0.4, 0.5) is 0 Å². The molecule has 0 amide bonds. The van der Waals surface area contributed by atoms with Crippen molar-refractivity contribution in [2.75, 3.05) is 0 Å². The van der Waals surface area contributed by atoms with Crippen LogP contribution in [-0.4, -0.2) is 26.0 Å². The number of aromatic nitrogens is 4. The van der Waals surface area contributed by atoms with Crippen LogP contribution in [0.5, 0.6) is 0 Å². The van der Waals surface area contributed by atoms with Gasteiger partial charge in [-0.1, -0.05) is 0 Å². The van der Waals surface area contributed by atoms with Gasteiger partial charge in [-0.3, -0.25) is 4.79 Å². The quantitative estimate of drug-likeness (QED) is 0.682. The Labute approximate surface area is 115 Å². The highest BCUT2D eigenvalue weighted by Crippen LogP contribution is 2.22. The topological polar surface area (TPSA) is 73.8 Å². The third-order valence-corrected chi connectivity index (χ3v) is 2.80. The van der Waals surface area contributed by atoms with Crippen molar-refractivity contribution in [3.05, 3.63) is 47.6 Å². The Kier molecular flexibility index (Phi) is 2.90. The fraction of sp³-hybridized carbons (Fsp3) is 0.143. The van der Waals surface area contributed by atoms with Crippen molar-refractivity contribution in [2.24, 2.45) is 0 Å². The minimum atomic E-state index is 0.433. The molecule has 0 aromatic carbocycles. The van der Waals surface area contributed by atoms with Gasteiger partial charge in [-0.25, -0.2) is 14.6 Å². The SMILES string of the molecule is Cc1cc(C)nc(-n2cc(C=O)c(-c3ccco3)n2)n1. The summed E-state index contributed by atoms with van der Waals surface area (Å²) in [6.45, 7) is 3.77. The van der Waals surface area contributed by atoms with Gasteiger partial charge < -0.3 is 4.42 Å². The molecule has 0 aliphatic rings. The summed E-state index contributed by atoms with van der Waals surface area (Å²) in [6, 6.07) is 5.37. The lowest BCUT2D eigenvalue weighted by molar-refractivity contribution is 0.112. The number of furan rings is 1. The molecular formula is C14H12N4O2. The Morgan fingerprint density at radius 1 is 1.25 bits per heavy atom. The number of nitrogens with zero attached hydrogens (tertiary/aromatic N) is 4. The number of rotatable bonds is 3. The van der Waals surface area contributed by atoms with Crippen LogP contribution in [0, 0.1) is 13.8 Å². The van der Waals surface area contributed by atoms with Crippen LogP contribution in [0.3, 0.4) is 0 Å². The van der Waals surface area contributed by atoms with Crippen LogP contribution in [0.2, 0.25) is 0 Å². The third-order valence-electron chi connectivity index (χ3n) is 2.80. The van der Waals surface area contributed by atoms with E-state index in [-0.39, 0.29) is 0 Å². The van der Waals surface area contributed by atoms with E-state index in [1.807, 2.05) is 19.9 Å². The smallest absolute Gasteiger partial charge is 0.250 e. The highest BCUT2D eigenvalue weighted by Gasteiger charge is 2.15. The summed E-state index contributed by atoms with van der Waals surface area (Å²) in [7, 11) is 0. The Balaban J connectivity index is 2.14. The van der Waals surface area contributed by atoms with Crippen molar-refractivity contribution >= 4 is 6.29 Å². The Morgan fingerprint density at radius 2 is 2.00 bits per heavy atom. The van der Waals surface area contributed by atoms with E-state index in [0.717, 1.165) is 17.7 Å². The normalized spacial score (nSPS) is 10.7. The van der Waals surface area contributed by atoms with Crippen molar-refractivity contribution in [3.8, 4) is 17.4 Å².